The molecule has 3 heterocycles. The van der Waals surface area contributed by atoms with E-state index < -0.39 is 46.8 Å². The van der Waals surface area contributed by atoms with Gasteiger partial charge >= 0.3 is 0 Å². The van der Waals surface area contributed by atoms with Gasteiger partial charge in [-0.25, -0.2) is 40.5 Å². The Hall–Kier alpha value is -5.30. The predicted octanol–water partition coefficient (Wildman–Crippen LogP) is -0.938. The third-order valence-corrected chi connectivity index (χ3v) is 4.26. The molecule has 2 aromatic heterocycles. The van der Waals surface area contributed by atoms with Crippen molar-refractivity contribution in [1.82, 2.24) is 20.0 Å². The Morgan fingerprint density at radius 2 is 0.833 bits per heavy atom. The van der Waals surface area contributed by atoms with E-state index in [4.69, 9.17) is 0 Å². The molecule has 0 unspecified atom stereocenters. The van der Waals surface area contributed by atoms with Crippen molar-refractivity contribution in [3.05, 3.63) is 111 Å². The van der Waals surface area contributed by atoms with Crippen LogP contribution in [-0.2, 0) is 0 Å². The minimum absolute atomic E-state index is 0.197. The molecule has 36 heavy (non-hydrogen) atoms. The number of nitro groups is 4. The Kier molecular flexibility index (Phi) is 10.7. The Labute approximate surface area is 202 Å². The fourth-order valence-corrected chi connectivity index (χ4v) is 2.37. The SMILES string of the molecule is Cc1cccc[n+]1[O-].Cc1cccc[n+]1[O-].O=[N+]([O-])N1CN([N+](=O)[O-])CN([N+](=O)[O-])CN([N+](=O)[O-])C1. The van der Waals surface area contributed by atoms with Crippen molar-refractivity contribution < 1.29 is 29.6 Å². The zero-order valence-corrected chi connectivity index (χ0v) is 19.0. The molecule has 0 aromatic carbocycles. The molecule has 0 saturated carbocycles. The van der Waals surface area contributed by atoms with Crippen LogP contribution in [-0.4, -0.2) is 66.8 Å². The molecule has 0 aliphatic carbocycles. The van der Waals surface area contributed by atoms with Crippen LogP contribution < -0.4 is 9.46 Å². The first-order chi connectivity index (χ1) is 16.8. The van der Waals surface area contributed by atoms with E-state index in [-0.39, 0.29) is 20.0 Å². The summed E-state index contributed by atoms with van der Waals surface area (Å²) in [6.45, 7) is -0.257. The standard InChI is InChI=1S/2C6H7NO.C4H8N8O8/c2*1-6-4-2-3-5-7(6)8;13-9(14)5-1-6(10(15)16)3-8(12(19)20)4-7(2-5)11(17)18/h2*2-5H,1H3;1-4H2. The second-order valence-corrected chi connectivity index (χ2v) is 6.88. The van der Waals surface area contributed by atoms with Gasteiger partial charge in [0.25, 0.3) is 0 Å². The zero-order chi connectivity index (χ0) is 27.4. The van der Waals surface area contributed by atoms with Gasteiger partial charge in [0.15, 0.2) is 43.9 Å². The third kappa shape index (κ3) is 9.29. The summed E-state index contributed by atoms with van der Waals surface area (Å²) >= 11 is 0. The normalized spacial score (nSPS) is 13.2. The van der Waals surface area contributed by atoms with E-state index in [1.165, 1.54) is 12.4 Å². The highest BCUT2D eigenvalue weighted by Crippen LogP contribution is 2.07. The summed E-state index contributed by atoms with van der Waals surface area (Å²) in [5, 5.41) is 60.2. The number of hydrogen-bond acceptors (Lipinski definition) is 10. The van der Waals surface area contributed by atoms with Crippen LogP contribution in [0.4, 0.5) is 0 Å². The number of nitrogens with zero attached hydrogens (tertiary/aromatic N) is 10. The van der Waals surface area contributed by atoms with Gasteiger partial charge in [-0.2, -0.15) is 9.46 Å². The maximum Gasteiger partial charge on any atom is 0.212 e. The number of aryl methyl sites for hydroxylation is 2. The predicted molar refractivity (Wildman–Crippen MR) is 115 cm³/mol. The van der Waals surface area contributed by atoms with Crippen LogP contribution in [0.3, 0.4) is 0 Å². The Morgan fingerprint density at radius 3 is 0.972 bits per heavy atom. The molecule has 0 amide bonds. The van der Waals surface area contributed by atoms with E-state index in [0.29, 0.717) is 0 Å². The van der Waals surface area contributed by atoms with Gasteiger partial charge in [-0.3, -0.25) is 0 Å². The molecule has 2 aromatic rings. The first-order valence-electron chi connectivity index (χ1n) is 9.70. The molecule has 3 rings (SSSR count). The quantitative estimate of drug-likeness (QED) is 0.207. The van der Waals surface area contributed by atoms with Crippen LogP contribution >= 0.6 is 0 Å². The number of hydrogen-bond donors (Lipinski definition) is 0. The third-order valence-electron chi connectivity index (χ3n) is 4.26. The molecule has 0 radical (unpaired) electrons. The van der Waals surface area contributed by atoms with E-state index in [0.717, 1.165) is 20.8 Å². The summed E-state index contributed by atoms with van der Waals surface area (Å²) in [6, 6.07) is 10.6. The van der Waals surface area contributed by atoms with Gasteiger partial charge in [0.05, 0.1) is 0 Å². The van der Waals surface area contributed by atoms with Crippen molar-refractivity contribution >= 4 is 0 Å². The van der Waals surface area contributed by atoms with E-state index in [1.54, 1.807) is 38.1 Å². The minimum Gasteiger partial charge on any atom is -0.619 e. The summed E-state index contributed by atoms with van der Waals surface area (Å²) in [7, 11) is 0. The second-order valence-electron chi connectivity index (χ2n) is 6.88. The van der Waals surface area contributed by atoms with Crippen molar-refractivity contribution in [2.75, 3.05) is 26.7 Å². The van der Waals surface area contributed by atoms with E-state index >= 15 is 0 Å². The molecule has 0 N–H and O–H groups in total. The molecule has 1 fully saturated rings. The van der Waals surface area contributed by atoms with Gasteiger partial charge in [-0.15, -0.1) is 0 Å². The molecular formula is C16H22N10O10. The molecule has 1 aliphatic heterocycles. The summed E-state index contributed by atoms with van der Waals surface area (Å²) in [6.07, 6.45) is 2.96. The fraction of sp³-hybridized carbons (Fsp3) is 0.375. The van der Waals surface area contributed by atoms with Gasteiger partial charge < -0.3 is 10.4 Å². The highest BCUT2D eigenvalue weighted by molar-refractivity contribution is 4.94. The van der Waals surface area contributed by atoms with Gasteiger partial charge in [-0.1, -0.05) is 32.2 Å². The van der Waals surface area contributed by atoms with Gasteiger partial charge in [0.2, 0.25) is 26.7 Å². The smallest absolute Gasteiger partial charge is 0.212 e. The lowest BCUT2D eigenvalue weighted by molar-refractivity contribution is -0.775. The number of pyridine rings is 2. The van der Waals surface area contributed by atoms with Crippen LogP contribution in [0.2, 0.25) is 0 Å². The van der Waals surface area contributed by atoms with Gasteiger partial charge in [0, 0.05) is 38.1 Å². The Bertz CT molecular complexity index is 900. The lowest BCUT2D eigenvalue weighted by Gasteiger charge is -2.27. The molecule has 1 aliphatic rings. The fourth-order valence-electron chi connectivity index (χ4n) is 2.37. The highest BCUT2D eigenvalue weighted by Gasteiger charge is 2.39. The topological polar surface area (TPSA) is 239 Å². The van der Waals surface area contributed by atoms with Crippen molar-refractivity contribution in [1.29, 1.82) is 0 Å². The van der Waals surface area contributed by atoms with Crippen molar-refractivity contribution in [2.24, 2.45) is 0 Å². The lowest BCUT2D eigenvalue weighted by atomic mass is 10.4. The molecule has 1 saturated heterocycles. The summed E-state index contributed by atoms with van der Waals surface area (Å²) < 4.78 is 1.67. The summed E-state index contributed by atoms with van der Waals surface area (Å²) in [5.41, 5.74) is 1.46. The molecule has 20 heteroatoms. The first-order valence-corrected chi connectivity index (χ1v) is 9.70. The summed E-state index contributed by atoms with van der Waals surface area (Å²) in [4.78, 5) is 42.6. The zero-order valence-electron chi connectivity index (χ0n) is 19.0. The van der Waals surface area contributed by atoms with Gasteiger partial charge in [-0.05, 0) is 0 Å². The largest absolute Gasteiger partial charge is 0.619 e. The van der Waals surface area contributed by atoms with Crippen molar-refractivity contribution in [3.63, 3.8) is 0 Å². The van der Waals surface area contributed by atoms with Crippen LogP contribution in [0.15, 0.2) is 48.8 Å². The second kappa shape index (κ2) is 13.4. The monoisotopic (exact) mass is 514 g/mol. The maximum atomic E-state index is 10.7. The van der Waals surface area contributed by atoms with Crippen molar-refractivity contribution in [3.8, 4) is 0 Å². The Morgan fingerprint density at radius 1 is 0.583 bits per heavy atom. The molecular weight excluding hydrogens is 492 g/mol. The lowest BCUT2D eigenvalue weighted by Crippen LogP contribution is -2.59. The Balaban J connectivity index is 0.000000328. The molecule has 0 bridgehead atoms. The van der Waals surface area contributed by atoms with Gasteiger partial charge in [0.1, 0.15) is 0 Å². The van der Waals surface area contributed by atoms with Crippen LogP contribution in [0.1, 0.15) is 11.4 Å². The molecule has 20 nitrogen and oxygen atoms in total. The molecule has 0 spiro atoms. The maximum absolute atomic E-state index is 10.7. The number of hydrazine groups is 4. The number of rotatable bonds is 4. The minimum atomic E-state index is -1.06. The van der Waals surface area contributed by atoms with Crippen LogP contribution in [0.25, 0.3) is 0 Å². The average molecular weight is 514 g/mol. The highest BCUT2D eigenvalue weighted by atomic mass is 16.7. The van der Waals surface area contributed by atoms with E-state index in [9.17, 15) is 50.9 Å². The van der Waals surface area contributed by atoms with Crippen molar-refractivity contribution in [2.45, 2.75) is 13.8 Å². The van der Waals surface area contributed by atoms with Crippen LogP contribution in [0, 0.1) is 64.7 Å². The first kappa shape index (κ1) is 28.7. The summed E-state index contributed by atoms with van der Waals surface area (Å²) in [5.74, 6) is 0. The molecule has 196 valence electrons. The van der Waals surface area contributed by atoms with Crippen LogP contribution in [0.5, 0.6) is 0 Å². The average Bonchev–Trinajstić information content (AvgIpc) is 2.78. The van der Waals surface area contributed by atoms with E-state index in [1.807, 2.05) is 12.1 Å². The number of aromatic nitrogens is 2. The molecule has 0 atom stereocenters. The van der Waals surface area contributed by atoms with E-state index in [2.05, 4.69) is 0 Å².